The van der Waals surface area contributed by atoms with Gasteiger partial charge in [-0.25, -0.2) is 0 Å². The van der Waals surface area contributed by atoms with E-state index in [9.17, 15) is 4.79 Å². The fourth-order valence-corrected chi connectivity index (χ4v) is 1.34. The van der Waals surface area contributed by atoms with E-state index in [-0.39, 0.29) is 5.91 Å². The van der Waals surface area contributed by atoms with Crippen LogP contribution in [-0.2, 0) is 11.8 Å². The summed E-state index contributed by atoms with van der Waals surface area (Å²) >= 11 is 0. The van der Waals surface area contributed by atoms with Gasteiger partial charge in [0, 0.05) is 30.4 Å². The lowest BCUT2D eigenvalue weighted by atomic mass is 10.3. The second kappa shape index (κ2) is 4.65. The Bertz CT molecular complexity index is 552. The lowest BCUT2D eigenvalue weighted by Gasteiger charge is -1.98. The van der Waals surface area contributed by atoms with Crippen molar-refractivity contribution in [3.8, 4) is 0 Å². The van der Waals surface area contributed by atoms with Crippen LogP contribution in [0.4, 0.5) is 5.82 Å². The van der Waals surface area contributed by atoms with E-state index in [1.54, 1.807) is 23.2 Å². The van der Waals surface area contributed by atoms with Crippen LogP contribution >= 0.6 is 0 Å². The molecular weight excluding hydrogens is 218 g/mol. The van der Waals surface area contributed by atoms with Crippen molar-refractivity contribution in [2.45, 2.75) is 6.92 Å². The molecule has 2 aromatic heterocycles. The number of hydrogen-bond acceptors (Lipinski definition) is 3. The molecule has 17 heavy (non-hydrogen) atoms. The Morgan fingerprint density at radius 3 is 2.94 bits per heavy atom. The molecule has 0 bridgehead atoms. The van der Waals surface area contributed by atoms with Gasteiger partial charge < -0.3 is 5.32 Å². The van der Waals surface area contributed by atoms with E-state index in [0.717, 1.165) is 11.1 Å². The summed E-state index contributed by atoms with van der Waals surface area (Å²) in [5, 5.41) is 13.2. The maximum atomic E-state index is 11.6. The van der Waals surface area contributed by atoms with Gasteiger partial charge >= 0.3 is 0 Å². The first kappa shape index (κ1) is 11.1. The molecule has 0 radical (unpaired) electrons. The fourth-order valence-electron chi connectivity index (χ4n) is 1.34. The predicted octanol–water partition coefficient (Wildman–Crippen LogP) is 1.10. The zero-order chi connectivity index (χ0) is 12.3. The summed E-state index contributed by atoms with van der Waals surface area (Å²) in [6, 6.07) is 0. The molecule has 6 nitrogen and oxygen atoms in total. The standard InChI is InChI=1S/C11H13N5O/c1-8-5-12-15-11(8)14-10(17)4-3-9-6-13-16(2)7-9/h3-7H,1-2H3,(H2,12,14,15,17)/b4-3+. The summed E-state index contributed by atoms with van der Waals surface area (Å²) in [6.07, 6.45) is 8.32. The van der Waals surface area contributed by atoms with Gasteiger partial charge in [-0.15, -0.1) is 0 Å². The second-order valence-corrected chi connectivity index (χ2v) is 3.70. The monoisotopic (exact) mass is 231 g/mol. The largest absolute Gasteiger partial charge is 0.307 e. The zero-order valence-corrected chi connectivity index (χ0v) is 9.64. The maximum Gasteiger partial charge on any atom is 0.249 e. The average molecular weight is 231 g/mol. The summed E-state index contributed by atoms with van der Waals surface area (Å²) in [5.41, 5.74) is 1.78. The van der Waals surface area contributed by atoms with Crippen LogP contribution in [0.2, 0.25) is 0 Å². The summed E-state index contributed by atoms with van der Waals surface area (Å²) in [7, 11) is 1.82. The molecule has 0 saturated heterocycles. The van der Waals surface area contributed by atoms with Crippen molar-refractivity contribution < 1.29 is 4.79 Å². The molecule has 0 aliphatic rings. The van der Waals surface area contributed by atoms with Crippen molar-refractivity contribution in [3.63, 3.8) is 0 Å². The van der Waals surface area contributed by atoms with Gasteiger partial charge in [0.25, 0.3) is 0 Å². The lowest BCUT2D eigenvalue weighted by Crippen LogP contribution is -2.08. The summed E-state index contributed by atoms with van der Waals surface area (Å²) in [5.74, 6) is 0.409. The molecule has 0 spiro atoms. The molecule has 1 amide bonds. The van der Waals surface area contributed by atoms with Crippen LogP contribution in [0.1, 0.15) is 11.1 Å². The Morgan fingerprint density at radius 1 is 1.53 bits per heavy atom. The van der Waals surface area contributed by atoms with E-state index in [1.807, 2.05) is 20.2 Å². The van der Waals surface area contributed by atoms with Gasteiger partial charge in [-0.2, -0.15) is 10.2 Å². The number of hydrogen-bond donors (Lipinski definition) is 2. The van der Waals surface area contributed by atoms with E-state index in [0.29, 0.717) is 5.82 Å². The van der Waals surface area contributed by atoms with Crippen LogP contribution in [0.15, 0.2) is 24.7 Å². The van der Waals surface area contributed by atoms with Gasteiger partial charge in [0.05, 0.1) is 12.4 Å². The topological polar surface area (TPSA) is 75.6 Å². The maximum absolute atomic E-state index is 11.6. The number of aromatic amines is 1. The molecule has 88 valence electrons. The minimum absolute atomic E-state index is 0.207. The van der Waals surface area contributed by atoms with E-state index < -0.39 is 0 Å². The number of nitrogens with one attached hydrogen (secondary N) is 2. The Kier molecular flexibility index (Phi) is 3.04. The van der Waals surface area contributed by atoms with Crippen molar-refractivity contribution in [2.75, 3.05) is 5.32 Å². The highest BCUT2D eigenvalue weighted by Crippen LogP contribution is 2.08. The molecule has 2 aromatic rings. The summed E-state index contributed by atoms with van der Waals surface area (Å²) in [6.45, 7) is 1.87. The molecular formula is C11H13N5O. The van der Waals surface area contributed by atoms with Crippen molar-refractivity contribution in [1.29, 1.82) is 0 Å². The molecule has 0 fully saturated rings. The van der Waals surface area contributed by atoms with E-state index in [4.69, 9.17) is 0 Å². The molecule has 0 unspecified atom stereocenters. The van der Waals surface area contributed by atoms with Crippen molar-refractivity contribution in [1.82, 2.24) is 20.0 Å². The van der Waals surface area contributed by atoms with Gasteiger partial charge in [-0.3, -0.25) is 14.6 Å². The first-order valence-corrected chi connectivity index (χ1v) is 5.13. The highest BCUT2D eigenvalue weighted by Gasteiger charge is 2.02. The van der Waals surface area contributed by atoms with Crippen LogP contribution in [-0.4, -0.2) is 25.9 Å². The highest BCUT2D eigenvalue weighted by molar-refractivity contribution is 6.01. The number of rotatable bonds is 3. The molecule has 0 atom stereocenters. The third-order valence-electron chi connectivity index (χ3n) is 2.23. The fraction of sp³-hybridized carbons (Fsp3) is 0.182. The number of nitrogens with zero attached hydrogens (tertiary/aromatic N) is 3. The third-order valence-corrected chi connectivity index (χ3v) is 2.23. The summed E-state index contributed by atoms with van der Waals surface area (Å²) in [4.78, 5) is 11.6. The smallest absolute Gasteiger partial charge is 0.249 e. The Labute approximate surface area is 98.3 Å². The molecule has 0 aromatic carbocycles. The lowest BCUT2D eigenvalue weighted by molar-refractivity contribution is -0.111. The van der Waals surface area contributed by atoms with E-state index in [2.05, 4.69) is 20.6 Å². The van der Waals surface area contributed by atoms with Crippen molar-refractivity contribution >= 4 is 17.8 Å². The number of amides is 1. The van der Waals surface area contributed by atoms with Crippen LogP contribution in [0.3, 0.4) is 0 Å². The van der Waals surface area contributed by atoms with Gasteiger partial charge in [0.2, 0.25) is 5.91 Å². The van der Waals surface area contributed by atoms with Crippen LogP contribution < -0.4 is 5.32 Å². The van der Waals surface area contributed by atoms with Crippen LogP contribution in [0.5, 0.6) is 0 Å². The van der Waals surface area contributed by atoms with E-state index in [1.165, 1.54) is 6.08 Å². The molecule has 0 aliphatic heterocycles. The minimum atomic E-state index is -0.207. The predicted molar refractivity (Wildman–Crippen MR) is 64.2 cm³/mol. The zero-order valence-electron chi connectivity index (χ0n) is 9.64. The van der Waals surface area contributed by atoms with Gasteiger partial charge in [-0.05, 0) is 13.0 Å². The molecule has 0 aliphatic carbocycles. The number of anilines is 1. The van der Waals surface area contributed by atoms with Crippen LogP contribution in [0, 0.1) is 6.92 Å². The SMILES string of the molecule is Cc1cn[nH]c1NC(=O)/C=C/c1cnn(C)c1. The third kappa shape index (κ3) is 2.81. The first-order valence-electron chi connectivity index (χ1n) is 5.13. The quantitative estimate of drug-likeness (QED) is 0.777. The number of carbonyl (C=O) groups is 1. The van der Waals surface area contributed by atoms with Gasteiger partial charge in [0.15, 0.2) is 0 Å². The molecule has 0 saturated carbocycles. The molecule has 6 heteroatoms. The molecule has 2 heterocycles. The second-order valence-electron chi connectivity index (χ2n) is 3.70. The Morgan fingerprint density at radius 2 is 2.35 bits per heavy atom. The van der Waals surface area contributed by atoms with Crippen LogP contribution in [0.25, 0.3) is 6.08 Å². The van der Waals surface area contributed by atoms with Crippen molar-refractivity contribution in [3.05, 3.63) is 35.8 Å². The van der Waals surface area contributed by atoms with Crippen molar-refractivity contribution in [2.24, 2.45) is 7.05 Å². The average Bonchev–Trinajstić information content (AvgIpc) is 2.86. The Hall–Kier alpha value is -2.37. The number of aromatic nitrogens is 4. The highest BCUT2D eigenvalue weighted by atomic mass is 16.1. The summed E-state index contributed by atoms with van der Waals surface area (Å²) < 4.78 is 1.68. The first-order chi connectivity index (χ1) is 8.15. The van der Waals surface area contributed by atoms with Gasteiger partial charge in [-0.1, -0.05) is 0 Å². The normalized spacial score (nSPS) is 10.9. The number of aryl methyl sites for hydroxylation is 2. The number of carbonyl (C=O) groups excluding carboxylic acids is 1. The molecule has 2 N–H and O–H groups in total. The molecule has 2 rings (SSSR count). The van der Waals surface area contributed by atoms with Gasteiger partial charge in [0.1, 0.15) is 5.82 Å². The number of H-pyrrole nitrogens is 1. The minimum Gasteiger partial charge on any atom is -0.307 e. The van der Waals surface area contributed by atoms with E-state index >= 15 is 0 Å². The Balaban J connectivity index is 1.98.